The Balaban J connectivity index is 2.39. The van der Waals surface area contributed by atoms with Gasteiger partial charge in [0.1, 0.15) is 0 Å². The lowest BCUT2D eigenvalue weighted by Gasteiger charge is -2.12. The average molecular weight is 237 g/mol. The Bertz CT molecular complexity index is 324. The summed E-state index contributed by atoms with van der Waals surface area (Å²) < 4.78 is 0. The molecule has 0 aromatic heterocycles. The van der Waals surface area contributed by atoms with E-state index in [1.165, 1.54) is 5.56 Å². The summed E-state index contributed by atoms with van der Waals surface area (Å²) in [7, 11) is 0. The Labute approximate surface area is 102 Å². The van der Waals surface area contributed by atoms with E-state index in [0.717, 1.165) is 5.75 Å². The van der Waals surface area contributed by atoms with Gasteiger partial charge in [-0.3, -0.25) is 0 Å². The van der Waals surface area contributed by atoms with E-state index in [1.807, 2.05) is 30.3 Å². The van der Waals surface area contributed by atoms with Crippen molar-refractivity contribution < 1.29 is 0 Å². The minimum Gasteiger partial charge on any atom is -0.370 e. The number of hydrogen-bond acceptors (Lipinski definition) is 2. The van der Waals surface area contributed by atoms with E-state index in [0.29, 0.717) is 18.5 Å². The summed E-state index contributed by atoms with van der Waals surface area (Å²) in [6, 6.07) is 10.4. The van der Waals surface area contributed by atoms with Crippen molar-refractivity contribution in [1.82, 2.24) is 5.32 Å². The van der Waals surface area contributed by atoms with Gasteiger partial charge in [-0.05, 0) is 18.7 Å². The topological polar surface area (TPSA) is 50.4 Å². The molecule has 88 valence electrons. The van der Waals surface area contributed by atoms with Gasteiger partial charge in [-0.1, -0.05) is 30.3 Å². The minimum atomic E-state index is 0.356. The second-order valence-electron chi connectivity index (χ2n) is 3.69. The minimum absolute atomic E-state index is 0.356. The van der Waals surface area contributed by atoms with E-state index in [-0.39, 0.29) is 0 Å². The van der Waals surface area contributed by atoms with Crippen LogP contribution in [0.1, 0.15) is 12.5 Å². The number of aliphatic imine (C=N–C) groups is 1. The maximum Gasteiger partial charge on any atom is 0.189 e. The molecule has 4 heteroatoms. The Morgan fingerprint density at radius 2 is 2.12 bits per heavy atom. The van der Waals surface area contributed by atoms with Crippen molar-refractivity contribution in [3.8, 4) is 0 Å². The molecule has 0 radical (unpaired) electrons. The molecule has 1 aromatic rings. The third kappa shape index (κ3) is 5.07. The summed E-state index contributed by atoms with van der Waals surface area (Å²) >= 11 is 1.79. The summed E-state index contributed by atoms with van der Waals surface area (Å²) in [5, 5.41) is 3.16. The zero-order valence-corrected chi connectivity index (χ0v) is 10.6. The van der Waals surface area contributed by atoms with Crippen LogP contribution < -0.4 is 11.1 Å². The molecule has 0 saturated heterocycles. The van der Waals surface area contributed by atoms with E-state index in [9.17, 15) is 0 Å². The molecule has 0 aliphatic heterocycles. The van der Waals surface area contributed by atoms with E-state index in [4.69, 9.17) is 5.73 Å². The second kappa shape index (κ2) is 7.17. The highest BCUT2D eigenvalue weighted by atomic mass is 32.2. The molecule has 0 aliphatic rings. The molecule has 0 aliphatic carbocycles. The van der Waals surface area contributed by atoms with Gasteiger partial charge in [0.05, 0.1) is 6.54 Å². The molecule has 0 spiro atoms. The molecule has 0 fully saturated rings. The van der Waals surface area contributed by atoms with Crippen LogP contribution >= 0.6 is 11.8 Å². The number of hydrogen-bond donors (Lipinski definition) is 2. The van der Waals surface area contributed by atoms with Crippen LogP contribution in [0.5, 0.6) is 0 Å². The van der Waals surface area contributed by atoms with Crippen molar-refractivity contribution >= 4 is 17.7 Å². The highest BCUT2D eigenvalue weighted by molar-refractivity contribution is 7.98. The van der Waals surface area contributed by atoms with Crippen molar-refractivity contribution in [3.05, 3.63) is 35.9 Å². The summed E-state index contributed by atoms with van der Waals surface area (Å²) in [6.45, 7) is 2.73. The van der Waals surface area contributed by atoms with Gasteiger partial charge in [-0.25, -0.2) is 4.99 Å². The lowest BCUT2D eigenvalue weighted by Crippen LogP contribution is -2.39. The van der Waals surface area contributed by atoms with Crippen molar-refractivity contribution in [3.63, 3.8) is 0 Å². The Kier molecular flexibility index (Phi) is 5.78. The molecule has 3 N–H and O–H groups in total. The molecule has 0 heterocycles. The zero-order chi connectivity index (χ0) is 11.8. The first-order valence-electron chi connectivity index (χ1n) is 5.31. The van der Waals surface area contributed by atoms with Gasteiger partial charge < -0.3 is 11.1 Å². The first-order chi connectivity index (χ1) is 7.72. The third-order valence-electron chi connectivity index (χ3n) is 2.09. The van der Waals surface area contributed by atoms with Gasteiger partial charge in [0.25, 0.3) is 0 Å². The quantitative estimate of drug-likeness (QED) is 0.607. The summed E-state index contributed by atoms with van der Waals surface area (Å²) in [5.41, 5.74) is 6.95. The number of rotatable bonds is 5. The van der Waals surface area contributed by atoms with Crippen LogP contribution in [-0.4, -0.2) is 24.0 Å². The fourth-order valence-corrected chi connectivity index (χ4v) is 1.93. The van der Waals surface area contributed by atoms with E-state index in [1.54, 1.807) is 11.8 Å². The van der Waals surface area contributed by atoms with Crippen LogP contribution in [0, 0.1) is 0 Å². The largest absolute Gasteiger partial charge is 0.370 e. The molecule has 3 nitrogen and oxygen atoms in total. The van der Waals surface area contributed by atoms with Crippen molar-refractivity contribution in [2.75, 3.05) is 12.0 Å². The van der Waals surface area contributed by atoms with Gasteiger partial charge in [0.2, 0.25) is 0 Å². The Morgan fingerprint density at radius 3 is 2.75 bits per heavy atom. The fourth-order valence-electron chi connectivity index (χ4n) is 1.35. The molecular weight excluding hydrogens is 218 g/mol. The van der Waals surface area contributed by atoms with Crippen LogP contribution in [0.15, 0.2) is 35.3 Å². The second-order valence-corrected chi connectivity index (χ2v) is 4.60. The van der Waals surface area contributed by atoms with Gasteiger partial charge in [-0.15, -0.1) is 0 Å². The molecule has 1 rings (SSSR count). The predicted octanol–water partition coefficient (Wildman–Crippen LogP) is 1.84. The lowest BCUT2D eigenvalue weighted by atomic mass is 10.2. The normalized spacial score (nSPS) is 13.5. The van der Waals surface area contributed by atoms with Crippen molar-refractivity contribution in [1.29, 1.82) is 0 Å². The average Bonchev–Trinajstić information content (AvgIpc) is 2.28. The predicted molar refractivity (Wildman–Crippen MR) is 72.7 cm³/mol. The molecule has 1 atom stereocenters. The smallest absolute Gasteiger partial charge is 0.189 e. The zero-order valence-electron chi connectivity index (χ0n) is 9.81. The van der Waals surface area contributed by atoms with Gasteiger partial charge in [0.15, 0.2) is 5.96 Å². The van der Waals surface area contributed by atoms with E-state index >= 15 is 0 Å². The molecule has 0 saturated carbocycles. The number of benzene rings is 1. The first kappa shape index (κ1) is 12.9. The van der Waals surface area contributed by atoms with Gasteiger partial charge in [0, 0.05) is 11.8 Å². The van der Waals surface area contributed by atoms with Gasteiger partial charge >= 0.3 is 0 Å². The summed E-state index contributed by atoms with van der Waals surface area (Å²) in [4.78, 5) is 4.29. The van der Waals surface area contributed by atoms with Crippen LogP contribution in [0.2, 0.25) is 0 Å². The Morgan fingerprint density at radius 1 is 1.44 bits per heavy atom. The van der Waals surface area contributed by atoms with Crippen molar-refractivity contribution in [2.24, 2.45) is 10.7 Å². The molecule has 1 unspecified atom stereocenters. The number of nitrogens with one attached hydrogen (secondary N) is 1. The highest BCUT2D eigenvalue weighted by Gasteiger charge is 2.00. The Hall–Kier alpha value is -1.16. The fraction of sp³-hybridized carbons (Fsp3) is 0.417. The molecule has 16 heavy (non-hydrogen) atoms. The standard InChI is InChI=1S/C12H19N3S/c1-10(9-16-2)15-12(13)14-8-11-6-4-3-5-7-11/h3-7,10H,8-9H2,1-2H3,(H3,13,14,15). The van der Waals surface area contributed by atoms with Gasteiger partial charge in [-0.2, -0.15) is 11.8 Å². The maximum atomic E-state index is 5.78. The highest BCUT2D eigenvalue weighted by Crippen LogP contribution is 2.00. The van der Waals surface area contributed by atoms with Crippen molar-refractivity contribution in [2.45, 2.75) is 19.5 Å². The van der Waals surface area contributed by atoms with E-state index in [2.05, 4.69) is 23.5 Å². The lowest BCUT2D eigenvalue weighted by molar-refractivity contribution is 0.734. The van der Waals surface area contributed by atoms with Crippen LogP contribution in [0.25, 0.3) is 0 Å². The molecule has 0 bridgehead atoms. The third-order valence-corrected chi connectivity index (χ3v) is 2.92. The number of nitrogens with two attached hydrogens (primary N) is 1. The number of nitrogens with zero attached hydrogens (tertiary/aromatic N) is 1. The SMILES string of the molecule is CSCC(C)NC(N)=NCc1ccccc1. The molecule has 0 amide bonds. The molecule has 1 aromatic carbocycles. The summed E-state index contributed by atoms with van der Waals surface area (Å²) in [5.74, 6) is 1.55. The maximum absolute atomic E-state index is 5.78. The summed E-state index contributed by atoms with van der Waals surface area (Å²) in [6.07, 6.45) is 2.08. The van der Waals surface area contributed by atoms with Crippen LogP contribution in [-0.2, 0) is 6.54 Å². The monoisotopic (exact) mass is 237 g/mol. The number of thioether (sulfide) groups is 1. The molecular formula is C12H19N3S. The number of guanidine groups is 1. The van der Waals surface area contributed by atoms with E-state index < -0.39 is 0 Å². The van der Waals surface area contributed by atoms with Crippen LogP contribution in [0.3, 0.4) is 0 Å². The van der Waals surface area contributed by atoms with Crippen LogP contribution in [0.4, 0.5) is 0 Å². The first-order valence-corrected chi connectivity index (χ1v) is 6.71.